The molecule has 0 aromatic heterocycles. The first-order valence-corrected chi connectivity index (χ1v) is 8.69. The van der Waals surface area contributed by atoms with Crippen molar-refractivity contribution in [3.63, 3.8) is 0 Å². The highest BCUT2D eigenvalue weighted by molar-refractivity contribution is 5.80. The quantitative estimate of drug-likeness (QED) is 0.800. The molecule has 21 heavy (non-hydrogen) atoms. The first-order valence-electron chi connectivity index (χ1n) is 8.69. The molecule has 3 fully saturated rings. The van der Waals surface area contributed by atoms with Crippen LogP contribution in [0.3, 0.4) is 0 Å². The maximum absolute atomic E-state index is 13.1. The molecule has 4 heteroatoms. The van der Waals surface area contributed by atoms with Crippen molar-refractivity contribution in [2.75, 3.05) is 26.2 Å². The van der Waals surface area contributed by atoms with E-state index in [9.17, 15) is 4.79 Å². The van der Waals surface area contributed by atoms with E-state index in [0.29, 0.717) is 17.9 Å². The van der Waals surface area contributed by atoms with Crippen molar-refractivity contribution in [2.24, 2.45) is 23.0 Å². The van der Waals surface area contributed by atoms with Gasteiger partial charge in [-0.1, -0.05) is 20.8 Å². The van der Waals surface area contributed by atoms with Crippen LogP contribution in [0.5, 0.6) is 0 Å². The molecule has 2 saturated heterocycles. The van der Waals surface area contributed by atoms with Crippen LogP contribution in [0.4, 0.5) is 0 Å². The van der Waals surface area contributed by atoms with Gasteiger partial charge < -0.3 is 10.6 Å². The van der Waals surface area contributed by atoms with E-state index < -0.39 is 0 Å². The highest BCUT2D eigenvalue weighted by Gasteiger charge is 2.47. The number of rotatable bonds is 1. The molecule has 3 rings (SSSR count). The lowest BCUT2D eigenvalue weighted by atomic mass is 9.60. The van der Waals surface area contributed by atoms with Gasteiger partial charge in [-0.25, -0.2) is 0 Å². The Morgan fingerprint density at radius 2 is 1.90 bits per heavy atom. The lowest BCUT2D eigenvalue weighted by Gasteiger charge is -2.48. The van der Waals surface area contributed by atoms with Gasteiger partial charge in [0.15, 0.2) is 0 Å². The van der Waals surface area contributed by atoms with Crippen LogP contribution in [-0.2, 0) is 4.79 Å². The normalized spacial score (nSPS) is 40.1. The molecule has 0 bridgehead atoms. The summed E-state index contributed by atoms with van der Waals surface area (Å²) < 4.78 is 0. The van der Waals surface area contributed by atoms with Crippen molar-refractivity contribution in [1.29, 1.82) is 0 Å². The Morgan fingerprint density at radius 3 is 2.67 bits per heavy atom. The van der Waals surface area contributed by atoms with Gasteiger partial charge in [0.1, 0.15) is 0 Å². The van der Waals surface area contributed by atoms with Gasteiger partial charge in [-0.2, -0.15) is 0 Å². The van der Waals surface area contributed by atoms with Crippen LogP contribution >= 0.6 is 0 Å². The standard InChI is InChI=1S/C17H31N3O/c1-12-15(18)7-6-14(17(12,2)3)16(21)20-10-9-19-8-4-5-13(19)11-20/h12-15H,4-11,18H2,1-3H3. The molecule has 0 radical (unpaired) electrons. The summed E-state index contributed by atoms with van der Waals surface area (Å²) in [5, 5.41) is 0. The fourth-order valence-corrected chi connectivity index (χ4v) is 4.70. The zero-order valence-corrected chi connectivity index (χ0v) is 13.8. The molecule has 1 aliphatic carbocycles. The van der Waals surface area contributed by atoms with Crippen molar-refractivity contribution in [3.05, 3.63) is 0 Å². The molecule has 120 valence electrons. The maximum atomic E-state index is 13.1. The second kappa shape index (κ2) is 5.54. The number of carbonyl (C=O) groups is 1. The molecular formula is C17H31N3O. The van der Waals surface area contributed by atoms with E-state index >= 15 is 0 Å². The smallest absolute Gasteiger partial charge is 0.226 e. The SMILES string of the molecule is CC1C(N)CCC(C(=O)N2CCN3CCCC3C2)C1(C)C. The molecule has 4 atom stereocenters. The molecule has 1 amide bonds. The first-order chi connectivity index (χ1) is 9.91. The van der Waals surface area contributed by atoms with E-state index in [1.807, 2.05) is 0 Å². The Bertz CT molecular complexity index is 409. The summed E-state index contributed by atoms with van der Waals surface area (Å²) in [7, 11) is 0. The van der Waals surface area contributed by atoms with Gasteiger partial charge in [0, 0.05) is 37.6 Å². The summed E-state index contributed by atoms with van der Waals surface area (Å²) in [5.41, 5.74) is 6.25. The highest BCUT2D eigenvalue weighted by atomic mass is 16.2. The van der Waals surface area contributed by atoms with Gasteiger partial charge in [0.2, 0.25) is 5.91 Å². The molecule has 2 N–H and O–H groups in total. The Kier molecular flexibility index (Phi) is 4.04. The van der Waals surface area contributed by atoms with Gasteiger partial charge in [0.25, 0.3) is 0 Å². The summed E-state index contributed by atoms with van der Waals surface area (Å²) in [6.45, 7) is 10.9. The molecule has 4 nitrogen and oxygen atoms in total. The van der Waals surface area contributed by atoms with E-state index in [4.69, 9.17) is 5.73 Å². The van der Waals surface area contributed by atoms with Crippen LogP contribution in [0.25, 0.3) is 0 Å². The number of hydrogen-bond acceptors (Lipinski definition) is 3. The summed E-state index contributed by atoms with van der Waals surface area (Å²) >= 11 is 0. The number of piperazine rings is 1. The van der Waals surface area contributed by atoms with Crippen LogP contribution in [0.15, 0.2) is 0 Å². The Hall–Kier alpha value is -0.610. The van der Waals surface area contributed by atoms with Crippen molar-refractivity contribution < 1.29 is 4.79 Å². The fraction of sp³-hybridized carbons (Fsp3) is 0.941. The van der Waals surface area contributed by atoms with Crippen LogP contribution in [-0.4, -0.2) is 54.0 Å². The fourth-order valence-electron chi connectivity index (χ4n) is 4.70. The molecule has 4 unspecified atom stereocenters. The van der Waals surface area contributed by atoms with E-state index in [-0.39, 0.29) is 17.4 Å². The monoisotopic (exact) mass is 293 g/mol. The molecule has 0 aromatic rings. The minimum atomic E-state index is 0.0154. The van der Waals surface area contributed by atoms with Gasteiger partial charge in [-0.05, 0) is 43.6 Å². The van der Waals surface area contributed by atoms with Crippen molar-refractivity contribution in [3.8, 4) is 0 Å². The van der Waals surface area contributed by atoms with Crippen molar-refractivity contribution in [1.82, 2.24) is 9.80 Å². The average Bonchev–Trinajstić information content (AvgIpc) is 2.91. The number of fused-ring (bicyclic) bond motifs is 1. The Balaban J connectivity index is 1.70. The third kappa shape index (κ3) is 2.61. The molecule has 0 aromatic carbocycles. The van der Waals surface area contributed by atoms with Gasteiger partial charge >= 0.3 is 0 Å². The average molecular weight is 293 g/mol. The number of nitrogens with two attached hydrogens (primary N) is 1. The third-order valence-electron chi connectivity index (χ3n) is 6.70. The predicted molar refractivity (Wildman–Crippen MR) is 84.8 cm³/mol. The minimum absolute atomic E-state index is 0.0154. The maximum Gasteiger partial charge on any atom is 0.226 e. The summed E-state index contributed by atoms with van der Waals surface area (Å²) in [4.78, 5) is 17.8. The topological polar surface area (TPSA) is 49.6 Å². The van der Waals surface area contributed by atoms with E-state index in [1.165, 1.54) is 19.4 Å². The van der Waals surface area contributed by atoms with Crippen LogP contribution < -0.4 is 5.73 Å². The van der Waals surface area contributed by atoms with Gasteiger partial charge in [-0.15, -0.1) is 0 Å². The molecule has 0 spiro atoms. The largest absolute Gasteiger partial charge is 0.340 e. The van der Waals surface area contributed by atoms with Gasteiger partial charge in [0.05, 0.1) is 0 Å². The molecule has 3 aliphatic rings. The lowest BCUT2D eigenvalue weighted by Crippen LogP contribution is -2.57. The molecule has 1 saturated carbocycles. The second-order valence-electron chi connectivity index (χ2n) is 8.02. The summed E-state index contributed by atoms with van der Waals surface area (Å²) in [5.74, 6) is 0.957. The van der Waals surface area contributed by atoms with E-state index in [2.05, 4.69) is 30.6 Å². The van der Waals surface area contributed by atoms with Crippen LogP contribution in [0, 0.1) is 17.3 Å². The van der Waals surface area contributed by atoms with Crippen LogP contribution in [0.2, 0.25) is 0 Å². The molecule has 2 heterocycles. The lowest BCUT2D eigenvalue weighted by molar-refractivity contribution is -0.146. The summed E-state index contributed by atoms with van der Waals surface area (Å²) in [6, 6.07) is 0.866. The number of carbonyl (C=O) groups excluding carboxylic acids is 1. The number of amides is 1. The Labute approximate surface area is 129 Å². The molecular weight excluding hydrogens is 262 g/mol. The predicted octanol–water partition coefficient (Wildman–Crippen LogP) is 1.69. The van der Waals surface area contributed by atoms with Crippen molar-refractivity contribution in [2.45, 2.75) is 58.5 Å². The summed E-state index contributed by atoms with van der Waals surface area (Å²) in [6.07, 6.45) is 4.51. The Morgan fingerprint density at radius 1 is 1.14 bits per heavy atom. The van der Waals surface area contributed by atoms with Gasteiger partial charge in [-0.3, -0.25) is 9.69 Å². The molecule has 2 aliphatic heterocycles. The van der Waals surface area contributed by atoms with E-state index in [1.54, 1.807) is 0 Å². The highest BCUT2D eigenvalue weighted by Crippen LogP contribution is 2.45. The van der Waals surface area contributed by atoms with Crippen LogP contribution in [0.1, 0.15) is 46.5 Å². The van der Waals surface area contributed by atoms with E-state index in [0.717, 1.165) is 32.5 Å². The van der Waals surface area contributed by atoms with Crippen molar-refractivity contribution >= 4 is 5.91 Å². The number of hydrogen-bond donors (Lipinski definition) is 1. The third-order valence-corrected chi connectivity index (χ3v) is 6.70. The first kappa shape index (κ1) is 15.3. The second-order valence-corrected chi connectivity index (χ2v) is 8.02. The number of nitrogens with zero attached hydrogens (tertiary/aromatic N) is 2. The zero-order valence-electron chi connectivity index (χ0n) is 13.8. The zero-order chi connectivity index (χ0) is 15.2. The minimum Gasteiger partial charge on any atom is -0.340 e.